The quantitative estimate of drug-likeness (QED) is 0.469. The fourth-order valence-electron chi connectivity index (χ4n) is 2.64. The summed E-state index contributed by atoms with van der Waals surface area (Å²) in [5, 5.41) is 11.8. The predicted molar refractivity (Wildman–Crippen MR) is 92.4 cm³/mol. The minimum absolute atomic E-state index is 0.520. The maximum absolute atomic E-state index is 12.6. The van der Waals surface area contributed by atoms with Gasteiger partial charge >= 0.3 is 17.9 Å². The van der Waals surface area contributed by atoms with Gasteiger partial charge in [0.05, 0.1) is 14.2 Å². The zero-order valence-electron chi connectivity index (χ0n) is 15.5. The van der Waals surface area contributed by atoms with E-state index < -0.39 is 47.8 Å². The van der Waals surface area contributed by atoms with Crippen LogP contribution in [0.25, 0.3) is 0 Å². The summed E-state index contributed by atoms with van der Waals surface area (Å²) < 4.78 is 14.3. The highest BCUT2D eigenvalue weighted by molar-refractivity contribution is 5.96. The standard InChI is InChI=1S/C18H23NO8/c1-10(12(17(23)26-3)18(24)27-4)13(16(21)22)19-15(20)14(25-2)11-8-6-5-7-9-11/h5-10,12-14H,1-4H3,(H,19,20)(H,21,22)/t10-,13-,14-/m0/s1. The maximum Gasteiger partial charge on any atom is 0.326 e. The number of aliphatic carboxylic acids is 1. The number of carbonyl (C=O) groups is 4. The van der Waals surface area contributed by atoms with Gasteiger partial charge < -0.3 is 24.6 Å². The molecular formula is C18H23NO8. The van der Waals surface area contributed by atoms with E-state index in [2.05, 4.69) is 14.8 Å². The second-order valence-electron chi connectivity index (χ2n) is 5.73. The third-order valence-electron chi connectivity index (χ3n) is 4.10. The minimum atomic E-state index is -1.55. The molecule has 0 aromatic heterocycles. The summed E-state index contributed by atoms with van der Waals surface area (Å²) in [5.41, 5.74) is 0.520. The van der Waals surface area contributed by atoms with Crippen LogP contribution in [0, 0.1) is 11.8 Å². The van der Waals surface area contributed by atoms with E-state index in [0.29, 0.717) is 5.56 Å². The van der Waals surface area contributed by atoms with Crippen molar-refractivity contribution in [3.05, 3.63) is 35.9 Å². The molecular weight excluding hydrogens is 358 g/mol. The van der Waals surface area contributed by atoms with Crippen LogP contribution in [0.15, 0.2) is 30.3 Å². The molecule has 0 spiro atoms. The summed E-state index contributed by atoms with van der Waals surface area (Å²) in [6.45, 7) is 1.34. The number of carboxylic acids is 1. The molecule has 0 unspecified atom stereocenters. The first kappa shape index (κ1) is 22.1. The zero-order valence-corrected chi connectivity index (χ0v) is 15.5. The molecule has 2 N–H and O–H groups in total. The normalized spacial score (nSPS) is 14.0. The molecule has 148 valence electrons. The van der Waals surface area contributed by atoms with Gasteiger partial charge in [0.2, 0.25) is 0 Å². The molecule has 0 radical (unpaired) electrons. The van der Waals surface area contributed by atoms with Gasteiger partial charge in [-0.05, 0) is 5.56 Å². The minimum Gasteiger partial charge on any atom is -0.480 e. The average Bonchev–Trinajstić information content (AvgIpc) is 2.66. The van der Waals surface area contributed by atoms with Gasteiger partial charge in [0.1, 0.15) is 6.04 Å². The Morgan fingerprint density at radius 1 is 0.963 bits per heavy atom. The van der Waals surface area contributed by atoms with E-state index >= 15 is 0 Å². The number of benzene rings is 1. The van der Waals surface area contributed by atoms with Crippen molar-refractivity contribution < 1.29 is 38.5 Å². The van der Waals surface area contributed by atoms with Gasteiger partial charge in [-0.15, -0.1) is 0 Å². The topological polar surface area (TPSA) is 128 Å². The Morgan fingerprint density at radius 3 is 1.89 bits per heavy atom. The highest BCUT2D eigenvalue weighted by atomic mass is 16.5. The number of carbonyl (C=O) groups excluding carboxylic acids is 3. The molecule has 1 rings (SSSR count). The molecule has 0 heterocycles. The second-order valence-corrected chi connectivity index (χ2v) is 5.73. The Bertz CT molecular complexity index is 659. The van der Waals surface area contributed by atoms with Crippen molar-refractivity contribution in [1.82, 2.24) is 5.32 Å². The van der Waals surface area contributed by atoms with Crippen LogP contribution < -0.4 is 5.32 Å². The van der Waals surface area contributed by atoms with Gasteiger partial charge in [-0.3, -0.25) is 14.4 Å². The van der Waals surface area contributed by atoms with Crippen LogP contribution in [-0.2, 0) is 33.4 Å². The fraction of sp³-hybridized carbons (Fsp3) is 0.444. The molecule has 1 amide bonds. The van der Waals surface area contributed by atoms with Gasteiger partial charge in [0, 0.05) is 13.0 Å². The summed E-state index contributed by atoms with van der Waals surface area (Å²) in [5.74, 6) is -6.71. The van der Waals surface area contributed by atoms with E-state index in [4.69, 9.17) is 4.74 Å². The predicted octanol–water partition coefficient (Wildman–Crippen LogP) is 0.542. The first-order chi connectivity index (χ1) is 12.8. The average molecular weight is 381 g/mol. The Hall–Kier alpha value is -2.94. The lowest BCUT2D eigenvalue weighted by molar-refractivity contribution is -0.163. The molecule has 9 nitrogen and oxygen atoms in total. The molecule has 9 heteroatoms. The van der Waals surface area contributed by atoms with Crippen LogP contribution >= 0.6 is 0 Å². The lowest BCUT2D eigenvalue weighted by Crippen LogP contribution is -2.51. The van der Waals surface area contributed by atoms with Crippen molar-refractivity contribution in [2.24, 2.45) is 11.8 Å². The number of hydrogen-bond donors (Lipinski definition) is 2. The number of carboxylic acid groups (broad SMARTS) is 1. The monoisotopic (exact) mass is 381 g/mol. The molecule has 0 fully saturated rings. The number of hydrogen-bond acceptors (Lipinski definition) is 7. The molecule has 0 saturated heterocycles. The van der Waals surface area contributed by atoms with Crippen molar-refractivity contribution in [3.63, 3.8) is 0 Å². The van der Waals surface area contributed by atoms with Crippen molar-refractivity contribution in [2.75, 3.05) is 21.3 Å². The van der Waals surface area contributed by atoms with Gasteiger partial charge in [-0.25, -0.2) is 4.79 Å². The van der Waals surface area contributed by atoms with Crippen molar-refractivity contribution >= 4 is 23.8 Å². The van der Waals surface area contributed by atoms with E-state index in [1.165, 1.54) is 14.0 Å². The largest absolute Gasteiger partial charge is 0.480 e. The molecule has 27 heavy (non-hydrogen) atoms. The summed E-state index contributed by atoms with van der Waals surface area (Å²) >= 11 is 0. The Labute approximate surface area is 156 Å². The number of esters is 2. The number of methoxy groups -OCH3 is 3. The smallest absolute Gasteiger partial charge is 0.326 e. The van der Waals surface area contributed by atoms with E-state index in [9.17, 15) is 24.3 Å². The zero-order chi connectivity index (χ0) is 20.6. The van der Waals surface area contributed by atoms with Crippen LogP contribution in [0.4, 0.5) is 0 Å². The molecule has 0 saturated carbocycles. The summed E-state index contributed by atoms with van der Waals surface area (Å²) in [6.07, 6.45) is -1.06. The number of rotatable bonds is 9. The van der Waals surface area contributed by atoms with Crippen molar-refractivity contribution in [3.8, 4) is 0 Å². The van der Waals surface area contributed by atoms with Crippen LogP contribution in [0.3, 0.4) is 0 Å². The van der Waals surface area contributed by atoms with Crippen LogP contribution in [0.2, 0.25) is 0 Å². The Balaban J connectivity index is 3.09. The first-order valence-corrected chi connectivity index (χ1v) is 8.05. The SMILES string of the molecule is COC(=O)C(C(=O)OC)[C@H](C)[C@H](NC(=O)[C@@H](OC)c1ccccc1)C(=O)O. The van der Waals surface area contributed by atoms with E-state index in [1.807, 2.05) is 0 Å². The second kappa shape index (κ2) is 10.3. The van der Waals surface area contributed by atoms with Gasteiger partial charge in [0.25, 0.3) is 5.91 Å². The number of nitrogens with one attached hydrogen (secondary N) is 1. The van der Waals surface area contributed by atoms with Crippen LogP contribution in [0.1, 0.15) is 18.6 Å². The third kappa shape index (κ3) is 5.52. The summed E-state index contributed by atoms with van der Waals surface area (Å²) in [7, 11) is 3.44. The Kier molecular flexibility index (Phi) is 8.40. The van der Waals surface area contributed by atoms with Crippen molar-refractivity contribution in [1.29, 1.82) is 0 Å². The Morgan fingerprint density at radius 2 is 1.48 bits per heavy atom. The van der Waals surface area contributed by atoms with Crippen LogP contribution in [-0.4, -0.2) is 56.3 Å². The van der Waals surface area contributed by atoms with Gasteiger partial charge in [0.15, 0.2) is 12.0 Å². The molecule has 0 bridgehead atoms. The molecule has 1 aromatic rings. The third-order valence-corrected chi connectivity index (χ3v) is 4.10. The van der Waals surface area contributed by atoms with E-state index in [-0.39, 0.29) is 0 Å². The lowest BCUT2D eigenvalue weighted by Gasteiger charge is -2.27. The fourth-order valence-corrected chi connectivity index (χ4v) is 2.64. The van der Waals surface area contributed by atoms with Gasteiger partial charge in [-0.1, -0.05) is 37.3 Å². The molecule has 0 aliphatic rings. The highest BCUT2D eigenvalue weighted by Gasteiger charge is 2.42. The highest BCUT2D eigenvalue weighted by Crippen LogP contribution is 2.22. The molecule has 1 aromatic carbocycles. The molecule has 0 aliphatic carbocycles. The summed E-state index contributed by atoms with van der Waals surface area (Å²) in [4.78, 5) is 48.1. The number of ether oxygens (including phenoxy) is 3. The maximum atomic E-state index is 12.6. The molecule has 0 aliphatic heterocycles. The van der Waals surface area contributed by atoms with E-state index in [0.717, 1.165) is 14.2 Å². The number of amides is 1. The lowest BCUT2D eigenvalue weighted by atomic mass is 9.87. The first-order valence-electron chi connectivity index (χ1n) is 8.05. The van der Waals surface area contributed by atoms with E-state index in [1.54, 1.807) is 30.3 Å². The molecule has 3 atom stereocenters. The van der Waals surface area contributed by atoms with Crippen molar-refractivity contribution in [2.45, 2.75) is 19.1 Å². The van der Waals surface area contributed by atoms with Gasteiger partial charge in [-0.2, -0.15) is 0 Å². The summed E-state index contributed by atoms with van der Waals surface area (Å²) in [6, 6.07) is 6.92. The van der Waals surface area contributed by atoms with Crippen LogP contribution in [0.5, 0.6) is 0 Å².